The Hall–Kier alpha value is -2.51. The first-order valence-electron chi connectivity index (χ1n) is 6.25. The average Bonchev–Trinajstić information content (AvgIpc) is 2.94. The van der Waals surface area contributed by atoms with Crippen molar-refractivity contribution >= 4 is 39.0 Å². The Balaban J connectivity index is 1.86. The lowest BCUT2D eigenvalue weighted by atomic mass is 10.2. The van der Waals surface area contributed by atoms with Gasteiger partial charge in [0.25, 0.3) is 5.91 Å². The molecule has 0 atom stereocenters. The molecular formula is C14H13N5OS. The molecule has 0 saturated heterocycles. The van der Waals surface area contributed by atoms with E-state index in [-0.39, 0.29) is 5.91 Å². The van der Waals surface area contributed by atoms with Gasteiger partial charge in [-0.25, -0.2) is 15.8 Å². The molecule has 3 rings (SSSR count). The smallest absolute Gasteiger partial charge is 0.255 e. The monoisotopic (exact) mass is 299 g/mol. The Labute approximate surface area is 125 Å². The summed E-state index contributed by atoms with van der Waals surface area (Å²) in [5.74, 6) is 5.59. The minimum atomic E-state index is -0.208. The first-order valence-corrected chi connectivity index (χ1v) is 7.13. The van der Waals surface area contributed by atoms with Crippen LogP contribution >= 0.6 is 11.3 Å². The standard InChI is InChI=1S/C14H13N5OS/c1-8-4-9(5-13(17-8)19-15)14(20)18-10-2-3-11-12(6-10)21-7-16-11/h2-7H,15H2,1H3,(H,17,19)(H,18,20). The van der Waals surface area contributed by atoms with Crippen LogP contribution in [0.1, 0.15) is 16.1 Å². The third kappa shape index (κ3) is 2.83. The van der Waals surface area contributed by atoms with Crippen LogP contribution in [0.15, 0.2) is 35.8 Å². The average molecular weight is 299 g/mol. The summed E-state index contributed by atoms with van der Waals surface area (Å²) in [6.07, 6.45) is 0. The molecule has 0 saturated carbocycles. The molecule has 4 N–H and O–H groups in total. The Morgan fingerprint density at radius 3 is 2.95 bits per heavy atom. The molecule has 2 aromatic heterocycles. The van der Waals surface area contributed by atoms with E-state index in [1.165, 1.54) is 11.3 Å². The Kier molecular flexibility index (Phi) is 3.51. The van der Waals surface area contributed by atoms with Gasteiger partial charge in [-0.3, -0.25) is 4.79 Å². The zero-order valence-electron chi connectivity index (χ0n) is 11.3. The summed E-state index contributed by atoms with van der Waals surface area (Å²) >= 11 is 1.53. The lowest BCUT2D eigenvalue weighted by molar-refractivity contribution is 0.102. The molecular weight excluding hydrogens is 286 g/mol. The summed E-state index contributed by atoms with van der Waals surface area (Å²) in [6.45, 7) is 1.81. The number of nitrogens with zero attached hydrogens (tertiary/aromatic N) is 2. The normalized spacial score (nSPS) is 10.6. The summed E-state index contributed by atoms with van der Waals surface area (Å²) in [5.41, 5.74) is 7.10. The van der Waals surface area contributed by atoms with Gasteiger partial charge in [-0.05, 0) is 37.3 Å². The minimum Gasteiger partial charge on any atom is -0.322 e. The maximum Gasteiger partial charge on any atom is 0.255 e. The number of pyridine rings is 1. The second kappa shape index (κ2) is 5.47. The van der Waals surface area contributed by atoms with E-state index in [4.69, 9.17) is 5.84 Å². The highest BCUT2D eigenvalue weighted by atomic mass is 32.1. The van der Waals surface area contributed by atoms with Crippen molar-refractivity contribution in [3.63, 3.8) is 0 Å². The number of anilines is 2. The minimum absolute atomic E-state index is 0.208. The molecule has 0 unspecified atom stereocenters. The fourth-order valence-corrected chi connectivity index (χ4v) is 2.73. The number of nitrogens with one attached hydrogen (secondary N) is 2. The third-order valence-corrected chi connectivity index (χ3v) is 3.74. The number of amides is 1. The SMILES string of the molecule is Cc1cc(C(=O)Nc2ccc3ncsc3c2)cc(NN)n1. The van der Waals surface area contributed by atoms with E-state index in [0.717, 1.165) is 15.9 Å². The lowest BCUT2D eigenvalue weighted by Gasteiger charge is -2.08. The van der Waals surface area contributed by atoms with Crippen LogP contribution in [0.25, 0.3) is 10.2 Å². The van der Waals surface area contributed by atoms with Crippen molar-refractivity contribution < 1.29 is 4.79 Å². The number of nitrogens with two attached hydrogens (primary N) is 1. The Morgan fingerprint density at radius 2 is 2.14 bits per heavy atom. The van der Waals surface area contributed by atoms with Crippen LogP contribution in [0.2, 0.25) is 0 Å². The Bertz CT molecular complexity index is 814. The van der Waals surface area contributed by atoms with Crippen molar-refractivity contribution in [3.8, 4) is 0 Å². The predicted octanol–water partition coefficient (Wildman–Crippen LogP) is 2.54. The molecule has 0 aliphatic carbocycles. The van der Waals surface area contributed by atoms with Gasteiger partial charge in [-0.2, -0.15) is 0 Å². The van der Waals surface area contributed by atoms with Gasteiger partial charge >= 0.3 is 0 Å². The molecule has 2 heterocycles. The van der Waals surface area contributed by atoms with Crippen molar-refractivity contribution in [3.05, 3.63) is 47.1 Å². The van der Waals surface area contributed by atoms with Crippen LogP contribution in [0, 0.1) is 6.92 Å². The number of benzene rings is 1. The van der Waals surface area contributed by atoms with E-state index in [1.54, 1.807) is 24.6 Å². The van der Waals surface area contributed by atoms with Gasteiger partial charge < -0.3 is 10.7 Å². The lowest BCUT2D eigenvalue weighted by Crippen LogP contribution is -2.15. The molecule has 7 heteroatoms. The van der Waals surface area contributed by atoms with Gasteiger partial charge in [0.05, 0.1) is 15.7 Å². The van der Waals surface area contributed by atoms with Crippen LogP contribution in [0.3, 0.4) is 0 Å². The number of hydrogen-bond acceptors (Lipinski definition) is 6. The highest BCUT2D eigenvalue weighted by Gasteiger charge is 2.09. The maximum absolute atomic E-state index is 12.3. The fourth-order valence-electron chi connectivity index (χ4n) is 2.01. The molecule has 0 aliphatic rings. The van der Waals surface area contributed by atoms with E-state index in [1.807, 2.05) is 18.2 Å². The van der Waals surface area contributed by atoms with Gasteiger partial charge in [0.15, 0.2) is 0 Å². The van der Waals surface area contributed by atoms with E-state index >= 15 is 0 Å². The number of aryl methyl sites for hydroxylation is 1. The summed E-state index contributed by atoms with van der Waals surface area (Å²) in [5, 5.41) is 2.86. The van der Waals surface area contributed by atoms with Gasteiger partial charge in [0.1, 0.15) is 5.82 Å². The topological polar surface area (TPSA) is 92.9 Å². The molecule has 1 amide bonds. The van der Waals surface area contributed by atoms with Crippen molar-refractivity contribution in [2.45, 2.75) is 6.92 Å². The highest BCUT2D eigenvalue weighted by molar-refractivity contribution is 7.16. The number of rotatable bonds is 3. The number of carbonyl (C=O) groups excluding carboxylic acids is 1. The molecule has 3 aromatic rings. The first kappa shape index (κ1) is 13.5. The second-order valence-corrected chi connectivity index (χ2v) is 5.40. The van der Waals surface area contributed by atoms with Crippen molar-refractivity contribution in [2.75, 3.05) is 10.7 Å². The third-order valence-electron chi connectivity index (χ3n) is 2.95. The van der Waals surface area contributed by atoms with Crippen LogP contribution in [-0.4, -0.2) is 15.9 Å². The second-order valence-electron chi connectivity index (χ2n) is 4.52. The highest BCUT2D eigenvalue weighted by Crippen LogP contribution is 2.22. The molecule has 0 radical (unpaired) electrons. The molecule has 6 nitrogen and oxygen atoms in total. The molecule has 0 spiro atoms. The maximum atomic E-state index is 12.3. The number of carbonyl (C=O) groups is 1. The van der Waals surface area contributed by atoms with Crippen molar-refractivity contribution in [1.29, 1.82) is 0 Å². The Morgan fingerprint density at radius 1 is 1.29 bits per heavy atom. The summed E-state index contributed by atoms with van der Waals surface area (Å²) < 4.78 is 1.03. The van der Waals surface area contributed by atoms with E-state index in [9.17, 15) is 4.79 Å². The quantitative estimate of drug-likeness (QED) is 0.510. The van der Waals surface area contributed by atoms with E-state index in [2.05, 4.69) is 20.7 Å². The van der Waals surface area contributed by atoms with Gasteiger partial charge in [0, 0.05) is 16.9 Å². The predicted molar refractivity (Wildman–Crippen MR) is 84.4 cm³/mol. The van der Waals surface area contributed by atoms with Crippen LogP contribution in [0.5, 0.6) is 0 Å². The molecule has 0 fully saturated rings. The summed E-state index contributed by atoms with van der Waals surface area (Å²) in [7, 11) is 0. The largest absolute Gasteiger partial charge is 0.322 e. The number of nitrogen functional groups attached to an aromatic ring is 1. The van der Waals surface area contributed by atoms with Crippen LogP contribution in [0.4, 0.5) is 11.5 Å². The summed E-state index contributed by atoms with van der Waals surface area (Å²) in [6, 6.07) is 8.93. The molecule has 106 valence electrons. The van der Waals surface area contributed by atoms with Crippen molar-refractivity contribution in [1.82, 2.24) is 9.97 Å². The number of fused-ring (bicyclic) bond motifs is 1. The van der Waals surface area contributed by atoms with E-state index < -0.39 is 0 Å². The van der Waals surface area contributed by atoms with Crippen LogP contribution in [-0.2, 0) is 0 Å². The summed E-state index contributed by atoms with van der Waals surface area (Å²) in [4.78, 5) is 20.6. The molecule has 0 bridgehead atoms. The first-order chi connectivity index (χ1) is 10.2. The number of aromatic nitrogens is 2. The molecule has 21 heavy (non-hydrogen) atoms. The molecule has 0 aliphatic heterocycles. The zero-order valence-corrected chi connectivity index (χ0v) is 12.1. The van der Waals surface area contributed by atoms with Gasteiger partial charge in [-0.15, -0.1) is 11.3 Å². The van der Waals surface area contributed by atoms with E-state index in [0.29, 0.717) is 17.1 Å². The van der Waals surface area contributed by atoms with Gasteiger partial charge in [-0.1, -0.05) is 0 Å². The zero-order chi connectivity index (χ0) is 14.8. The number of thiazole rings is 1. The molecule has 1 aromatic carbocycles. The fraction of sp³-hybridized carbons (Fsp3) is 0.0714. The van der Waals surface area contributed by atoms with Crippen molar-refractivity contribution in [2.24, 2.45) is 5.84 Å². The number of hydrazine groups is 1. The number of hydrogen-bond donors (Lipinski definition) is 3. The van der Waals surface area contributed by atoms with Crippen LogP contribution < -0.4 is 16.6 Å². The van der Waals surface area contributed by atoms with Gasteiger partial charge in [0.2, 0.25) is 0 Å².